The Morgan fingerprint density at radius 1 is 1.34 bits per heavy atom. The van der Waals surface area contributed by atoms with Crippen molar-refractivity contribution in [3.05, 3.63) is 57.3 Å². The molecule has 0 bridgehead atoms. The predicted octanol–water partition coefficient (Wildman–Crippen LogP) is 3.48. The molecule has 0 atom stereocenters. The van der Waals surface area contributed by atoms with Crippen LogP contribution in [0.15, 0.2) is 30.3 Å². The Hall–Kier alpha value is -2.82. The number of hydrogen-bond donors (Lipinski definition) is 0. The Bertz CT molecular complexity index is 963. The standard InChI is InChI=1S/C20H20Cl2N4O3/c1-14-16(8-9-19(28)29-13-18(27)25(2)11-5-10-23)20(22)26(24-14)12-15-6-3-4-7-17(15)21/h3-4,6-9H,5,11-13H2,1-2H3/b9-8+. The maximum atomic E-state index is 11.9. The van der Waals surface area contributed by atoms with Crippen LogP contribution in [0, 0.1) is 18.3 Å². The Balaban J connectivity index is 1.99. The highest BCUT2D eigenvalue weighted by Crippen LogP contribution is 2.24. The number of hydrogen-bond acceptors (Lipinski definition) is 5. The minimum atomic E-state index is -0.679. The van der Waals surface area contributed by atoms with Gasteiger partial charge in [-0.1, -0.05) is 41.4 Å². The van der Waals surface area contributed by atoms with Gasteiger partial charge in [0.25, 0.3) is 5.91 Å². The van der Waals surface area contributed by atoms with Gasteiger partial charge >= 0.3 is 5.97 Å². The van der Waals surface area contributed by atoms with Crippen molar-refractivity contribution >= 4 is 41.2 Å². The molecule has 1 aromatic heterocycles. The number of likely N-dealkylation sites (N-methyl/N-ethyl adjacent to an activating group) is 1. The van der Waals surface area contributed by atoms with Gasteiger partial charge in [0.05, 0.1) is 24.7 Å². The van der Waals surface area contributed by atoms with Gasteiger partial charge in [-0.25, -0.2) is 9.48 Å². The van der Waals surface area contributed by atoms with Crippen molar-refractivity contribution in [1.82, 2.24) is 14.7 Å². The number of carbonyl (C=O) groups is 2. The molecule has 9 heteroatoms. The third-order valence-electron chi connectivity index (χ3n) is 4.10. The Morgan fingerprint density at radius 2 is 2.07 bits per heavy atom. The lowest BCUT2D eigenvalue weighted by Gasteiger charge is -2.14. The molecule has 0 fully saturated rings. The fraction of sp³-hybridized carbons (Fsp3) is 0.300. The van der Waals surface area contributed by atoms with Gasteiger partial charge in [0.15, 0.2) is 6.61 Å². The first-order valence-corrected chi connectivity index (χ1v) is 9.51. The van der Waals surface area contributed by atoms with Gasteiger partial charge in [-0.05, 0) is 24.6 Å². The van der Waals surface area contributed by atoms with Crippen LogP contribution in [0.25, 0.3) is 6.08 Å². The highest BCUT2D eigenvalue weighted by molar-refractivity contribution is 6.32. The van der Waals surface area contributed by atoms with Gasteiger partial charge in [-0.2, -0.15) is 10.4 Å². The lowest BCUT2D eigenvalue weighted by atomic mass is 10.2. The second-order valence-corrected chi connectivity index (χ2v) is 6.97. The minimum absolute atomic E-state index is 0.214. The molecule has 1 aromatic carbocycles. The highest BCUT2D eigenvalue weighted by Gasteiger charge is 2.14. The molecule has 0 aliphatic carbocycles. The molecule has 0 N–H and O–H groups in total. The quantitative estimate of drug-likeness (QED) is 0.468. The van der Waals surface area contributed by atoms with Crippen LogP contribution in [0.2, 0.25) is 10.2 Å². The molecule has 1 amide bonds. The summed E-state index contributed by atoms with van der Waals surface area (Å²) in [6.45, 7) is 2.04. The topological polar surface area (TPSA) is 88.2 Å². The summed E-state index contributed by atoms with van der Waals surface area (Å²) in [5, 5.41) is 13.9. The van der Waals surface area contributed by atoms with E-state index in [1.807, 2.05) is 24.3 Å². The number of esters is 1. The van der Waals surface area contributed by atoms with Crippen LogP contribution < -0.4 is 0 Å². The lowest BCUT2D eigenvalue weighted by Crippen LogP contribution is -2.31. The van der Waals surface area contributed by atoms with Crippen molar-refractivity contribution < 1.29 is 14.3 Å². The van der Waals surface area contributed by atoms with E-state index in [2.05, 4.69) is 5.10 Å². The summed E-state index contributed by atoms with van der Waals surface area (Å²) in [7, 11) is 1.54. The van der Waals surface area contributed by atoms with Crippen LogP contribution in [-0.2, 0) is 20.9 Å². The number of benzene rings is 1. The lowest BCUT2D eigenvalue weighted by molar-refractivity contribution is -0.147. The summed E-state index contributed by atoms with van der Waals surface area (Å²) in [4.78, 5) is 25.0. The van der Waals surface area contributed by atoms with E-state index in [9.17, 15) is 9.59 Å². The number of carbonyl (C=O) groups excluding carboxylic acids is 2. The van der Waals surface area contributed by atoms with E-state index in [0.29, 0.717) is 28.0 Å². The Morgan fingerprint density at radius 3 is 2.76 bits per heavy atom. The molecule has 0 radical (unpaired) electrons. The zero-order valence-corrected chi connectivity index (χ0v) is 17.6. The van der Waals surface area contributed by atoms with Gasteiger partial charge in [0.2, 0.25) is 0 Å². The molecule has 0 aliphatic heterocycles. The van der Waals surface area contributed by atoms with Gasteiger partial charge < -0.3 is 9.64 Å². The van der Waals surface area contributed by atoms with E-state index >= 15 is 0 Å². The van der Waals surface area contributed by atoms with E-state index in [1.165, 1.54) is 17.1 Å². The first-order valence-electron chi connectivity index (χ1n) is 8.75. The molecular formula is C20H20Cl2N4O3. The molecule has 0 spiro atoms. The maximum absolute atomic E-state index is 11.9. The average Bonchev–Trinajstić information content (AvgIpc) is 2.97. The molecule has 0 aliphatic rings. The minimum Gasteiger partial charge on any atom is -0.452 e. The molecule has 29 heavy (non-hydrogen) atoms. The summed E-state index contributed by atoms with van der Waals surface area (Å²) < 4.78 is 6.53. The number of amides is 1. The van der Waals surface area contributed by atoms with Crippen molar-refractivity contribution in [2.24, 2.45) is 0 Å². The van der Waals surface area contributed by atoms with Crippen molar-refractivity contribution in [2.75, 3.05) is 20.2 Å². The molecule has 7 nitrogen and oxygen atoms in total. The van der Waals surface area contributed by atoms with Crippen LogP contribution in [0.1, 0.15) is 23.2 Å². The SMILES string of the molecule is Cc1nn(Cc2ccccc2Cl)c(Cl)c1/C=C/C(=O)OCC(=O)N(C)CCC#N. The fourth-order valence-electron chi connectivity index (χ4n) is 2.43. The molecule has 0 unspecified atom stereocenters. The van der Waals surface area contributed by atoms with Gasteiger partial charge in [-0.3, -0.25) is 4.79 Å². The summed E-state index contributed by atoms with van der Waals surface area (Å²) in [6.07, 6.45) is 2.91. The van der Waals surface area contributed by atoms with Crippen LogP contribution in [0.4, 0.5) is 0 Å². The fourth-order valence-corrected chi connectivity index (χ4v) is 2.93. The number of aryl methyl sites for hydroxylation is 1. The maximum Gasteiger partial charge on any atom is 0.331 e. The number of nitrogens with zero attached hydrogens (tertiary/aromatic N) is 4. The first-order chi connectivity index (χ1) is 13.8. The van der Waals surface area contributed by atoms with Crippen LogP contribution in [0.3, 0.4) is 0 Å². The van der Waals surface area contributed by atoms with E-state index in [0.717, 1.165) is 5.56 Å². The molecule has 2 rings (SSSR count). The molecule has 152 valence electrons. The third-order valence-corrected chi connectivity index (χ3v) is 4.86. The van der Waals surface area contributed by atoms with E-state index in [-0.39, 0.29) is 18.9 Å². The molecule has 0 saturated carbocycles. The number of ether oxygens (including phenoxy) is 1. The average molecular weight is 435 g/mol. The summed E-state index contributed by atoms with van der Waals surface area (Å²) in [5.41, 5.74) is 2.08. The van der Waals surface area contributed by atoms with Gasteiger partial charge in [0.1, 0.15) is 5.15 Å². The van der Waals surface area contributed by atoms with Crippen LogP contribution in [-0.4, -0.2) is 46.8 Å². The smallest absolute Gasteiger partial charge is 0.331 e. The van der Waals surface area contributed by atoms with E-state index < -0.39 is 12.6 Å². The Labute approximate surface area is 179 Å². The second-order valence-electron chi connectivity index (χ2n) is 6.20. The van der Waals surface area contributed by atoms with Crippen LogP contribution >= 0.6 is 23.2 Å². The molecule has 1 heterocycles. The van der Waals surface area contributed by atoms with Crippen molar-refractivity contribution in [3.8, 4) is 6.07 Å². The van der Waals surface area contributed by atoms with Gasteiger partial charge in [0, 0.05) is 30.3 Å². The van der Waals surface area contributed by atoms with E-state index in [1.54, 1.807) is 24.7 Å². The first kappa shape index (κ1) is 22.5. The summed E-state index contributed by atoms with van der Waals surface area (Å²) >= 11 is 12.6. The van der Waals surface area contributed by atoms with Crippen molar-refractivity contribution in [1.29, 1.82) is 5.26 Å². The second kappa shape index (κ2) is 10.6. The zero-order valence-electron chi connectivity index (χ0n) is 16.1. The molecular weight excluding hydrogens is 415 g/mol. The van der Waals surface area contributed by atoms with E-state index in [4.69, 9.17) is 33.2 Å². The van der Waals surface area contributed by atoms with Crippen molar-refractivity contribution in [2.45, 2.75) is 19.9 Å². The monoisotopic (exact) mass is 434 g/mol. The molecule has 2 aromatic rings. The largest absolute Gasteiger partial charge is 0.452 e. The number of nitriles is 1. The normalized spacial score (nSPS) is 10.7. The van der Waals surface area contributed by atoms with Crippen LogP contribution in [0.5, 0.6) is 0 Å². The third kappa shape index (κ3) is 6.34. The highest BCUT2D eigenvalue weighted by atomic mass is 35.5. The van der Waals surface area contributed by atoms with Crippen molar-refractivity contribution in [3.63, 3.8) is 0 Å². The summed E-state index contributed by atoms with van der Waals surface area (Å²) in [6, 6.07) is 9.34. The number of aromatic nitrogens is 2. The molecule has 0 saturated heterocycles. The zero-order chi connectivity index (χ0) is 21.4. The predicted molar refractivity (Wildman–Crippen MR) is 110 cm³/mol. The summed E-state index contributed by atoms with van der Waals surface area (Å²) in [5.74, 6) is -1.06. The Kier molecular flexibility index (Phi) is 8.25. The van der Waals surface area contributed by atoms with Gasteiger partial charge in [-0.15, -0.1) is 0 Å². The number of halogens is 2. The number of rotatable bonds is 8.